The number of hydrogen-bond donors (Lipinski definition) is 2. The average Bonchev–Trinajstić information content (AvgIpc) is 2.81. The highest BCUT2D eigenvalue weighted by Gasteiger charge is 2.14. The Morgan fingerprint density at radius 2 is 1.03 bits per heavy atom. The van der Waals surface area contributed by atoms with E-state index in [-0.39, 0.29) is 35.3 Å². The molecule has 2 rings (SSSR count). The van der Waals surface area contributed by atoms with Gasteiger partial charge in [-0.05, 0) is 47.9 Å². The van der Waals surface area contributed by atoms with E-state index < -0.39 is 0 Å². The molecular formula is C26H34O4S2. The molecule has 0 saturated heterocycles. The number of rotatable bonds is 13. The highest BCUT2D eigenvalue weighted by Crippen LogP contribution is 2.25. The molecule has 32 heavy (non-hydrogen) atoms. The summed E-state index contributed by atoms with van der Waals surface area (Å²) in [5.74, 6) is -0.540. The van der Waals surface area contributed by atoms with E-state index in [1.165, 1.54) is 11.1 Å². The molecular weight excluding hydrogens is 440 g/mol. The summed E-state index contributed by atoms with van der Waals surface area (Å²) < 4.78 is 10.6. The molecule has 6 heteroatoms. The summed E-state index contributed by atoms with van der Waals surface area (Å²) in [6, 6.07) is 16.3. The predicted molar refractivity (Wildman–Crippen MR) is 135 cm³/mol. The number of unbranched alkanes of at least 4 members (excludes halogenated alkanes) is 1. The molecule has 0 aliphatic rings. The molecule has 174 valence electrons. The van der Waals surface area contributed by atoms with E-state index in [2.05, 4.69) is 63.4 Å². The number of thiol groups is 2. The molecule has 0 saturated carbocycles. The monoisotopic (exact) mass is 474 g/mol. The van der Waals surface area contributed by atoms with Gasteiger partial charge < -0.3 is 9.47 Å². The summed E-state index contributed by atoms with van der Waals surface area (Å²) in [5.41, 5.74) is 4.54. The van der Waals surface area contributed by atoms with Gasteiger partial charge in [0.15, 0.2) is 0 Å². The number of ether oxygens (including phenoxy) is 2. The number of carbonyl (C=O) groups excluding carboxylic acids is 2. The van der Waals surface area contributed by atoms with Crippen LogP contribution in [0.3, 0.4) is 0 Å². The lowest BCUT2D eigenvalue weighted by Crippen LogP contribution is -2.11. The highest BCUT2D eigenvalue weighted by atomic mass is 32.1. The molecule has 4 nitrogen and oxygen atoms in total. The molecule has 0 fully saturated rings. The van der Waals surface area contributed by atoms with Crippen molar-refractivity contribution in [2.45, 2.75) is 62.9 Å². The lowest BCUT2D eigenvalue weighted by molar-refractivity contribution is -0.146. The smallest absolute Gasteiger partial charge is 0.307 e. The van der Waals surface area contributed by atoms with E-state index in [0.29, 0.717) is 26.1 Å². The van der Waals surface area contributed by atoms with Crippen LogP contribution in [0.15, 0.2) is 48.5 Å². The normalized spacial score (nSPS) is 12.8. The minimum Gasteiger partial charge on any atom is -0.466 e. The lowest BCUT2D eigenvalue weighted by Gasteiger charge is -2.12. The fraction of sp³-hybridized carbons (Fsp3) is 0.462. The van der Waals surface area contributed by atoms with Crippen molar-refractivity contribution >= 4 is 37.2 Å². The van der Waals surface area contributed by atoms with Crippen LogP contribution in [0.4, 0.5) is 0 Å². The molecule has 0 aromatic heterocycles. The molecule has 0 N–H and O–H groups in total. The maximum atomic E-state index is 12.0. The van der Waals surface area contributed by atoms with Gasteiger partial charge in [-0.1, -0.05) is 62.4 Å². The van der Waals surface area contributed by atoms with Crippen molar-refractivity contribution in [3.05, 3.63) is 70.8 Å². The maximum absolute atomic E-state index is 12.0. The Morgan fingerprint density at radius 3 is 1.34 bits per heavy atom. The number of carbonyl (C=O) groups is 2. The molecule has 0 spiro atoms. The first-order chi connectivity index (χ1) is 15.4. The van der Waals surface area contributed by atoms with Gasteiger partial charge in [0.05, 0.1) is 26.1 Å². The predicted octanol–water partition coefficient (Wildman–Crippen LogP) is 6.10. The molecule has 0 aliphatic heterocycles. The summed E-state index contributed by atoms with van der Waals surface area (Å²) in [6.07, 6.45) is 3.71. The molecule has 2 aromatic rings. The van der Waals surface area contributed by atoms with Crippen molar-refractivity contribution in [1.82, 2.24) is 0 Å². The van der Waals surface area contributed by atoms with Crippen molar-refractivity contribution in [1.29, 1.82) is 0 Å². The third kappa shape index (κ3) is 9.29. The van der Waals surface area contributed by atoms with Crippen LogP contribution in [-0.2, 0) is 31.9 Å². The zero-order valence-electron chi connectivity index (χ0n) is 19.0. The fourth-order valence-corrected chi connectivity index (χ4v) is 3.84. The van der Waals surface area contributed by atoms with Crippen LogP contribution in [-0.4, -0.2) is 25.2 Å². The van der Waals surface area contributed by atoms with Crippen LogP contribution in [0.2, 0.25) is 0 Å². The van der Waals surface area contributed by atoms with Crippen LogP contribution in [0.1, 0.15) is 72.3 Å². The van der Waals surface area contributed by atoms with Gasteiger partial charge in [0.1, 0.15) is 0 Å². The van der Waals surface area contributed by atoms with Crippen molar-refractivity contribution in [3.8, 4) is 0 Å². The Morgan fingerprint density at radius 1 is 0.688 bits per heavy atom. The van der Waals surface area contributed by atoms with Gasteiger partial charge in [-0.3, -0.25) is 9.59 Å². The summed E-state index contributed by atoms with van der Waals surface area (Å²) in [7, 11) is 0. The van der Waals surface area contributed by atoms with Crippen LogP contribution >= 0.6 is 25.3 Å². The van der Waals surface area contributed by atoms with E-state index in [9.17, 15) is 9.59 Å². The Hall–Kier alpha value is -1.92. The molecule has 0 heterocycles. The minimum atomic E-state index is -0.270. The Balaban J connectivity index is 1.56. The second kappa shape index (κ2) is 14.3. The van der Waals surface area contributed by atoms with E-state index in [1.807, 2.05) is 24.3 Å². The zero-order valence-corrected chi connectivity index (χ0v) is 20.7. The van der Waals surface area contributed by atoms with Crippen molar-refractivity contribution in [2.24, 2.45) is 0 Å². The fourth-order valence-electron chi connectivity index (χ4n) is 3.20. The first kappa shape index (κ1) is 26.3. The quantitative estimate of drug-likeness (QED) is 0.209. The molecule has 2 aromatic carbocycles. The van der Waals surface area contributed by atoms with Crippen molar-refractivity contribution in [3.63, 3.8) is 0 Å². The van der Waals surface area contributed by atoms with Crippen LogP contribution in [0.25, 0.3) is 0 Å². The standard InChI is InChI=1S/C26H34O4S2/c1-3-19-7-11-21(12-8-19)23(31)17-25(27)29-15-5-6-16-30-26(28)18-24(32)22-13-9-20(4-2)10-14-22/h7-14,23-24,31-32H,3-6,15-18H2,1-2H3. The van der Waals surface area contributed by atoms with Crippen LogP contribution in [0, 0.1) is 0 Å². The lowest BCUT2D eigenvalue weighted by atomic mass is 10.1. The van der Waals surface area contributed by atoms with Gasteiger partial charge in [-0.2, -0.15) is 25.3 Å². The number of esters is 2. The third-order valence-corrected chi connectivity index (χ3v) is 6.29. The van der Waals surface area contributed by atoms with Crippen molar-refractivity contribution < 1.29 is 19.1 Å². The summed E-state index contributed by atoms with van der Waals surface area (Å²) in [4.78, 5) is 24.0. The van der Waals surface area contributed by atoms with Gasteiger partial charge in [0, 0.05) is 10.5 Å². The largest absolute Gasteiger partial charge is 0.466 e. The second-order valence-corrected chi connectivity index (χ2v) is 9.02. The number of aryl methyl sites for hydroxylation is 2. The molecule has 0 radical (unpaired) electrons. The molecule has 2 atom stereocenters. The van der Waals surface area contributed by atoms with Crippen LogP contribution < -0.4 is 0 Å². The van der Waals surface area contributed by atoms with Crippen molar-refractivity contribution in [2.75, 3.05) is 13.2 Å². The van der Waals surface area contributed by atoms with E-state index >= 15 is 0 Å². The SMILES string of the molecule is CCc1ccc(C(S)CC(=O)OCCCCOC(=O)CC(S)c2ccc(CC)cc2)cc1. The molecule has 0 amide bonds. The van der Waals surface area contributed by atoms with Gasteiger partial charge in [0.2, 0.25) is 0 Å². The first-order valence-corrected chi connectivity index (χ1v) is 12.3. The Kier molecular flexibility index (Phi) is 11.7. The molecule has 2 unspecified atom stereocenters. The Labute approximate surface area is 202 Å². The molecule has 0 aliphatic carbocycles. The third-order valence-electron chi connectivity index (χ3n) is 5.33. The number of benzene rings is 2. The Bertz CT molecular complexity index is 762. The van der Waals surface area contributed by atoms with Gasteiger partial charge >= 0.3 is 11.9 Å². The van der Waals surface area contributed by atoms with Gasteiger partial charge in [-0.25, -0.2) is 0 Å². The zero-order chi connectivity index (χ0) is 23.3. The number of hydrogen-bond acceptors (Lipinski definition) is 6. The first-order valence-electron chi connectivity index (χ1n) is 11.3. The van der Waals surface area contributed by atoms with Crippen LogP contribution in [0.5, 0.6) is 0 Å². The van der Waals surface area contributed by atoms with Gasteiger partial charge in [-0.15, -0.1) is 0 Å². The minimum absolute atomic E-state index is 0.179. The van der Waals surface area contributed by atoms with Gasteiger partial charge in [0.25, 0.3) is 0 Å². The van der Waals surface area contributed by atoms with E-state index in [0.717, 1.165) is 24.0 Å². The molecule has 0 bridgehead atoms. The van der Waals surface area contributed by atoms with E-state index in [4.69, 9.17) is 9.47 Å². The van der Waals surface area contributed by atoms with E-state index in [1.54, 1.807) is 0 Å². The highest BCUT2D eigenvalue weighted by molar-refractivity contribution is 7.80. The second-order valence-electron chi connectivity index (χ2n) is 7.78. The maximum Gasteiger partial charge on any atom is 0.307 e. The topological polar surface area (TPSA) is 52.6 Å². The summed E-state index contributed by atoms with van der Waals surface area (Å²) >= 11 is 9.04. The summed E-state index contributed by atoms with van der Waals surface area (Å²) in [5, 5.41) is -0.358. The average molecular weight is 475 g/mol. The summed E-state index contributed by atoms with van der Waals surface area (Å²) in [6.45, 7) is 4.83.